The van der Waals surface area contributed by atoms with Gasteiger partial charge in [0.2, 0.25) is 12.2 Å². The predicted octanol–water partition coefficient (Wildman–Crippen LogP) is 14.0. The quantitative estimate of drug-likeness (QED) is 0.0348. The van der Waals surface area contributed by atoms with Crippen LogP contribution in [0, 0.1) is 0 Å². The lowest BCUT2D eigenvalue weighted by Gasteiger charge is -2.29. The van der Waals surface area contributed by atoms with Crippen LogP contribution in [0.1, 0.15) is 261 Å². The van der Waals surface area contributed by atoms with Gasteiger partial charge in [0.1, 0.15) is 11.2 Å². The summed E-state index contributed by atoms with van der Waals surface area (Å²) in [6.07, 6.45) is 33.0. The Balaban J connectivity index is 4.82. The largest absolute Gasteiger partial charge is 0.457 e. The van der Waals surface area contributed by atoms with E-state index in [4.69, 9.17) is 18.9 Å². The van der Waals surface area contributed by atoms with Crippen molar-refractivity contribution in [3.05, 3.63) is 0 Å². The van der Waals surface area contributed by atoms with Gasteiger partial charge in [0, 0.05) is 12.8 Å². The summed E-state index contributed by atoms with van der Waals surface area (Å²) in [6.45, 7) is 14.6. The fraction of sp³-hybridized carbons (Fsp3) is 0.917. The number of unbranched alkanes of at least 4 members (excludes halogenated alkanes) is 28. The summed E-state index contributed by atoms with van der Waals surface area (Å²) in [7, 11) is 0. The molecule has 0 aliphatic rings. The molecule has 0 saturated carbocycles. The molecule has 0 rings (SSSR count). The second-order valence-corrected chi connectivity index (χ2v) is 18.3. The SMILES string of the molecule is CCCCCCCCCCCCCCCCCC(=O)OC(C(=O)OC(C)(C)C)C(OC(=O)CCCCCCCCCCCCCCCCC)C(=O)OC(C)(C)C. The Morgan fingerprint density at radius 2 is 0.536 bits per heavy atom. The average molecular weight is 795 g/mol. The fourth-order valence-corrected chi connectivity index (χ4v) is 6.87. The molecule has 0 spiro atoms. The summed E-state index contributed by atoms with van der Waals surface area (Å²) >= 11 is 0. The van der Waals surface area contributed by atoms with E-state index in [-0.39, 0.29) is 12.8 Å². The molecule has 0 aliphatic carbocycles. The number of esters is 4. The number of carbonyl (C=O) groups is 4. The van der Waals surface area contributed by atoms with Gasteiger partial charge >= 0.3 is 23.9 Å². The zero-order valence-corrected chi connectivity index (χ0v) is 38.0. The molecule has 2 atom stereocenters. The molecular formula is C48H90O8. The molecule has 0 aromatic carbocycles. The fourth-order valence-electron chi connectivity index (χ4n) is 6.87. The first-order chi connectivity index (χ1) is 26.7. The van der Waals surface area contributed by atoms with Crippen LogP contribution in [-0.2, 0) is 38.1 Å². The highest BCUT2D eigenvalue weighted by Crippen LogP contribution is 2.21. The minimum Gasteiger partial charge on any atom is -0.457 e. The van der Waals surface area contributed by atoms with Gasteiger partial charge in [-0.1, -0.05) is 194 Å². The van der Waals surface area contributed by atoms with Crippen molar-refractivity contribution >= 4 is 23.9 Å². The average Bonchev–Trinajstić information content (AvgIpc) is 3.11. The lowest BCUT2D eigenvalue weighted by Crippen LogP contribution is -2.50. The molecule has 56 heavy (non-hydrogen) atoms. The Morgan fingerprint density at radius 1 is 0.339 bits per heavy atom. The lowest BCUT2D eigenvalue weighted by atomic mass is 10.0. The van der Waals surface area contributed by atoms with Crippen molar-refractivity contribution in [2.45, 2.75) is 284 Å². The Hall–Kier alpha value is -2.12. The van der Waals surface area contributed by atoms with E-state index < -0.39 is 47.3 Å². The van der Waals surface area contributed by atoms with Crippen molar-refractivity contribution in [3.8, 4) is 0 Å². The highest BCUT2D eigenvalue weighted by atomic mass is 16.6. The van der Waals surface area contributed by atoms with Crippen LogP contribution in [0.25, 0.3) is 0 Å². The normalized spacial score (nSPS) is 12.9. The van der Waals surface area contributed by atoms with Gasteiger partial charge in [-0.2, -0.15) is 0 Å². The second-order valence-electron chi connectivity index (χ2n) is 18.3. The summed E-state index contributed by atoms with van der Waals surface area (Å²) in [5, 5.41) is 0. The molecule has 8 nitrogen and oxygen atoms in total. The first kappa shape index (κ1) is 53.9. The van der Waals surface area contributed by atoms with E-state index in [2.05, 4.69) is 13.8 Å². The second kappa shape index (κ2) is 34.9. The Morgan fingerprint density at radius 3 is 0.732 bits per heavy atom. The molecule has 0 radical (unpaired) electrons. The van der Waals surface area contributed by atoms with Crippen LogP contribution in [0.4, 0.5) is 0 Å². The molecule has 0 amide bonds. The molecule has 0 saturated heterocycles. The molecule has 2 unspecified atom stereocenters. The molecule has 0 aromatic heterocycles. The van der Waals surface area contributed by atoms with Crippen LogP contribution in [0.5, 0.6) is 0 Å². The van der Waals surface area contributed by atoms with Crippen LogP contribution in [0.15, 0.2) is 0 Å². The Bertz CT molecular complexity index is 901. The van der Waals surface area contributed by atoms with E-state index in [0.717, 1.165) is 38.5 Å². The summed E-state index contributed by atoms with van der Waals surface area (Å²) < 4.78 is 22.3. The first-order valence-electron chi connectivity index (χ1n) is 23.5. The number of ether oxygens (including phenoxy) is 4. The molecule has 0 aromatic rings. The van der Waals surface area contributed by atoms with E-state index in [1.165, 1.54) is 141 Å². The van der Waals surface area contributed by atoms with Crippen molar-refractivity contribution in [2.75, 3.05) is 0 Å². The smallest absolute Gasteiger partial charge is 0.352 e. The summed E-state index contributed by atoms with van der Waals surface area (Å²) in [5.41, 5.74) is -1.85. The van der Waals surface area contributed by atoms with Crippen molar-refractivity contribution in [1.29, 1.82) is 0 Å². The Kier molecular flexibility index (Phi) is 33.6. The maximum atomic E-state index is 13.4. The standard InChI is InChI=1S/C48H90O8/c1-9-11-13-15-17-19-21-23-25-27-29-31-33-35-37-39-41(49)53-43(45(51)55-47(3,4)5)44(46(52)56-48(6,7)8)54-42(50)40-38-36-34-32-30-28-26-24-22-20-18-16-14-12-10-2/h43-44H,9-40H2,1-8H3. The minimum absolute atomic E-state index is 0.0890. The molecule has 0 aliphatic heterocycles. The van der Waals surface area contributed by atoms with Crippen LogP contribution in [0.2, 0.25) is 0 Å². The molecular weight excluding hydrogens is 705 g/mol. The monoisotopic (exact) mass is 795 g/mol. The summed E-state index contributed by atoms with van der Waals surface area (Å²) in [5.74, 6) is -3.17. The van der Waals surface area contributed by atoms with E-state index in [9.17, 15) is 19.2 Å². The van der Waals surface area contributed by atoms with Crippen molar-refractivity contribution in [2.24, 2.45) is 0 Å². The summed E-state index contributed by atoms with van der Waals surface area (Å²) in [6, 6.07) is 0. The minimum atomic E-state index is -1.77. The van der Waals surface area contributed by atoms with Gasteiger partial charge in [0.05, 0.1) is 0 Å². The highest BCUT2D eigenvalue weighted by molar-refractivity contribution is 5.89. The summed E-state index contributed by atoms with van der Waals surface area (Å²) in [4.78, 5) is 52.9. The van der Waals surface area contributed by atoms with Gasteiger partial charge in [-0.25, -0.2) is 9.59 Å². The molecule has 330 valence electrons. The van der Waals surface area contributed by atoms with Gasteiger partial charge in [-0.15, -0.1) is 0 Å². The third-order valence-corrected chi connectivity index (χ3v) is 10.0. The molecule has 0 fully saturated rings. The van der Waals surface area contributed by atoms with Crippen molar-refractivity contribution in [3.63, 3.8) is 0 Å². The maximum Gasteiger partial charge on any atom is 0.352 e. The number of hydrogen-bond donors (Lipinski definition) is 0. The molecule has 0 N–H and O–H groups in total. The number of hydrogen-bond acceptors (Lipinski definition) is 8. The number of rotatable bonds is 37. The van der Waals surface area contributed by atoms with Gasteiger partial charge in [0.15, 0.2) is 0 Å². The van der Waals surface area contributed by atoms with E-state index in [1.54, 1.807) is 41.5 Å². The van der Waals surface area contributed by atoms with E-state index in [1.807, 2.05) is 0 Å². The van der Waals surface area contributed by atoms with Crippen molar-refractivity contribution < 1.29 is 38.1 Å². The zero-order valence-electron chi connectivity index (χ0n) is 38.0. The van der Waals surface area contributed by atoms with Crippen LogP contribution < -0.4 is 0 Å². The zero-order chi connectivity index (χ0) is 41.9. The lowest BCUT2D eigenvalue weighted by molar-refractivity contribution is -0.200. The first-order valence-corrected chi connectivity index (χ1v) is 23.5. The van der Waals surface area contributed by atoms with Crippen LogP contribution >= 0.6 is 0 Å². The van der Waals surface area contributed by atoms with E-state index >= 15 is 0 Å². The maximum absolute atomic E-state index is 13.4. The third kappa shape index (κ3) is 35.1. The Labute approximate surface area is 345 Å². The molecule has 0 heterocycles. The molecule has 8 heteroatoms. The van der Waals surface area contributed by atoms with Gasteiger partial charge in [-0.05, 0) is 54.4 Å². The number of carbonyl (C=O) groups excluding carboxylic acids is 4. The van der Waals surface area contributed by atoms with E-state index in [0.29, 0.717) is 12.8 Å². The van der Waals surface area contributed by atoms with Gasteiger partial charge in [-0.3, -0.25) is 9.59 Å². The topological polar surface area (TPSA) is 105 Å². The predicted molar refractivity (Wildman–Crippen MR) is 231 cm³/mol. The highest BCUT2D eigenvalue weighted by Gasteiger charge is 2.44. The van der Waals surface area contributed by atoms with Crippen LogP contribution in [0.3, 0.4) is 0 Å². The van der Waals surface area contributed by atoms with Gasteiger partial charge in [0.25, 0.3) is 0 Å². The third-order valence-electron chi connectivity index (χ3n) is 10.0. The molecule has 0 bridgehead atoms. The van der Waals surface area contributed by atoms with Crippen LogP contribution in [-0.4, -0.2) is 47.3 Å². The van der Waals surface area contributed by atoms with Crippen molar-refractivity contribution in [1.82, 2.24) is 0 Å². The van der Waals surface area contributed by atoms with Gasteiger partial charge < -0.3 is 18.9 Å².